The second-order valence-corrected chi connectivity index (χ2v) is 15.6. The molecule has 0 unspecified atom stereocenters. The van der Waals surface area contributed by atoms with Gasteiger partial charge >= 0.3 is 12.2 Å². The summed E-state index contributed by atoms with van der Waals surface area (Å²) in [6, 6.07) is 19.7. The summed E-state index contributed by atoms with van der Waals surface area (Å²) < 4.78 is 66.3. The fourth-order valence-electron chi connectivity index (χ4n) is 4.16. The Balaban J connectivity index is 1.70. The highest BCUT2D eigenvalue weighted by Crippen LogP contribution is 2.33. The van der Waals surface area contributed by atoms with Crippen LogP contribution in [0.1, 0.15) is 47.1 Å². The molecule has 228 valence electrons. The maximum absolute atomic E-state index is 13.8. The summed E-state index contributed by atoms with van der Waals surface area (Å²) >= 11 is 0. The number of ether oxygens (including phenoxy) is 2. The average molecular weight is 627 g/mol. The molecule has 1 heterocycles. The lowest BCUT2D eigenvalue weighted by molar-refractivity contribution is -0.000266. The van der Waals surface area contributed by atoms with Crippen LogP contribution in [0, 0.1) is 0 Å². The van der Waals surface area contributed by atoms with Gasteiger partial charge in [-0.05, 0) is 77.4 Å². The van der Waals surface area contributed by atoms with Gasteiger partial charge in [0.1, 0.15) is 11.2 Å². The number of amides is 2. The number of benzene rings is 3. The molecule has 0 aliphatic rings. The number of carbonyl (C=O) groups is 2. The molecule has 0 atom stereocenters. The molecule has 10 nitrogen and oxygen atoms in total. The van der Waals surface area contributed by atoms with Gasteiger partial charge in [-0.1, -0.05) is 48.5 Å². The van der Waals surface area contributed by atoms with Gasteiger partial charge in [0.05, 0.1) is 26.7 Å². The minimum absolute atomic E-state index is 0.0172. The van der Waals surface area contributed by atoms with E-state index in [0.717, 1.165) is 15.1 Å². The van der Waals surface area contributed by atoms with E-state index in [0.29, 0.717) is 5.56 Å². The van der Waals surface area contributed by atoms with E-state index in [9.17, 15) is 26.4 Å². The lowest BCUT2D eigenvalue weighted by Crippen LogP contribution is -2.43. The monoisotopic (exact) mass is 626 g/mol. The topological polar surface area (TPSA) is 129 Å². The summed E-state index contributed by atoms with van der Waals surface area (Å²) in [4.78, 5) is 26.3. The Morgan fingerprint density at radius 1 is 0.698 bits per heavy atom. The molecule has 4 aromatic rings. The molecular formula is C31H34N2O8S2. The third kappa shape index (κ3) is 7.08. The number of para-hydroxylation sites is 1. The van der Waals surface area contributed by atoms with E-state index in [1.54, 1.807) is 84.0 Å². The van der Waals surface area contributed by atoms with E-state index in [1.165, 1.54) is 36.4 Å². The molecular weight excluding hydrogens is 592 g/mol. The summed E-state index contributed by atoms with van der Waals surface area (Å²) in [6.45, 7) is 9.76. The van der Waals surface area contributed by atoms with Crippen molar-refractivity contribution in [1.29, 1.82) is 0 Å². The van der Waals surface area contributed by atoms with Gasteiger partial charge in [-0.2, -0.15) is 0 Å². The van der Waals surface area contributed by atoms with Gasteiger partial charge in [-0.15, -0.1) is 0 Å². The summed E-state index contributed by atoms with van der Waals surface area (Å²) in [5.41, 5.74) is -1.10. The van der Waals surface area contributed by atoms with Crippen molar-refractivity contribution < 1.29 is 35.9 Å². The molecule has 0 saturated heterocycles. The predicted molar refractivity (Wildman–Crippen MR) is 161 cm³/mol. The fourth-order valence-corrected chi connectivity index (χ4v) is 7.07. The predicted octanol–water partition coefficient (Wildman–Crippen LogP) is 6.38. The quantitative estimate of drug-likeness (QED) is 0.241. The number of hydrogen-bond donors (Lipinski definition) is 0. The molecule has 1 aromatic heterocycles. The van der Waals surface area contributed by atoms with Gasteiger partial charge in [0.2, 0.25) is 9.84 Å². The maximum Gasteiger partial charge on any atom is 0.420 e. The van der Waals surface area contributed by atoms with Crippen LogP contribution in [0.4, 0.5) is 9.59 Å². The van der Waals surface area contributed by atoms with Crippen molar-refractivity contribution >= 4 is 42.9 Å². The van der Waals surface area contributed by atoms with E-state index >= 15 is 0 Å². The molecule has 0 saturated carbocycles. The van der Waals surface area contributed by atoms with Crippen LogP contribution in [-0.2, 0) is 35.9 Å². The van der Waals surface area contributed by atoms with Crippen molar-refractivity contribution in [2.45, 2.75) is 74.0 Å². The summed E-state index contributed by atoms with van der Waals surface area (Å²) in [5, 5.41) is 0.243. The molecule has 0 spiro atoms. The van der Waals surface area contributed by atoms with Crippen LogP contribution in [0.15, 0.2) is 99.7 Å². The van der Waals surface area contributed by atoms with E-state index in [2.05, 4.69) is 0 Å². The standard InChI is InChI=1S/C31H34N2O8S2/c1-30(2,3)40-28(34)32(29(35)41-31(4,5)6)20-22-16-18-23(19-17-22)42(36,37)27-21-33(26-15-11-10-14-25(26)27)43(38,39)24-12-8-7-9-13-24/h7-19,21H,20H2,1-6H3. The second-order valence-electron chi connectivity index (χ2n) is 11.8. The lowest BCUT2D eigenvalue weighted by atomic mass is 10.2. The Bertz CT molecular complexity index is 1840. The van der Waals surface area contributed by atoms with Crippen LogP contribution in [0.3, 0.4) is 0 Å². The van der Waals surface area contributed by atoms with Crippen molar-refractivity contribution in [3.63, 3.8) is 0 Å². The normalized spacial score (nSPS) is 12.6. The highest BCUT2D eigenvalue weighted by atomic mass is 32.2. The second kappa shape index (κ2) is 11.5. The minimum atomic E-state index is -4.20. The number of fused-ring (bicyclic) bond motifs is 1. The molecule has 0 aliphatic heterocycles. The lowest BCUT2D eigenvalue weighted by Gasteiger charge is -2.28. The van der Waals surface area contributed by atoms with E-state index in [1.807, 2.05) is 0 Å². The van der Waals surface area contributed by atoms with Crippen molar-refractivity contribution in [3.05, 3.63) is 90.6 Å². The first kappa shape index (κ1) is 31.8. The number of hydrogen-bond acceptors (Lipinski definition) is 8. The third-order valence-electron chi connectivity index (χ3n) is 6.03. The molecule has 0 N–H and O–H groups in total. The van der Waals surface area contributed by atoms with Gasteiger partial charge in [0.15, 0.2) is 0 Å². The number of carbonyl (C=O) groups excluding carboxylic acids is 2. The first-order valence-electron chi connectivity index (χ1n) is 13.4. The zero-order valence-electron chi connectivity index (χ0n) is 24.8. The molecule has 4 rings (SSSR count). The summed E-state index contributed by atoms with van der Waals surface area (Å²) in [5.74, 6) is 0. The zero-order valence-corrected chi connectivity index (χ0v) is 26.4. The van der Waals surface area contributed by atoms with Gasteiger partial charge in [0, 0.05) is 11.6 Å². The Morgan fingerprint density at radius 3 is 1.74 bits per heavy atom. The van der Waals surface area contributed by atoms with E-state index in [-0.39, 0.29) is 32.1 Å². The molecule has 0 fully saturated rings. The molecule has 2 amide bonds. The van der Waals surface area contributed by atoms with Crippen LogP contribution in [0.25, 0.3) is 10.9 Å². The molecule has 0 radical (unpaired) electrons. The smallest absolute Gasteiger partial charge is 0.420 e. The molecule has 0 bridgehead atoms. The summed E-state index contributed by atoms with van der Waals surface area (Å²) in [6.07, 6.45) is -0.708. The van der Waals surface area contributed by atoms with Crippen molar-refractivity contribution in [1.82, 2.24) is 8.87 Å². The van der Waals surface area contributed by atoms with Crippen LogP contribution in [0.2, 0.25) is 0 Å². The minimum Gasteiger partial charge on any atom is -0.443 e. The number of sulfone groups is 1. The number of rotatable bonds is 6. The highest BCUT2D eigenvalue weighted by Gasteiger charge is 2.32. The van der Waals surface area contributed by atoms with Crippen molar-refractivity contribution in [2.24, 2.45) is 0 Å². The van der Waals surface area contributed by atoms with Gasteiger partial charge < -0.3 is 9.47 Å². The Kier molecular flexibility index (Phi) is 8.49. The van der Waals surface area contributed by atoms with Crippen LogP contribution >= 0.6 is 0 Å². The van der Waals surface area contributed by atoms with Gasteiger partial charge in [-0.3, -0.25) is 0 Å². The summed E-state index contributed by atoms with van der Waals surface area (Å²) in [7, 11) is -8.29. The maximum atomic E-state index is 13.8. The largest absolute Gasteiger partial charge is 0.443 e. The number of nitrogens with zero attached hydrogens (tertiary/aromatic N) is 2. The van der Waals surface area contributed by atoms with E-state index < -0.39 is 43.2 Å². The molecule has 3 aromatic carbocycles. The van der Waals surface area contributed by atoms with Crippen LogP contribution in [0.5, 0.6) is 0 Å². The Morgan fingerprint density at radius 2 is 1.21 bits per heavy atom. The van der Waals surface area contributed by atoms with E-state index in [4.69, 9.17) is 9.47 Å². The van der Waals surface area contributed by atoms with Crippen LogP contribution < -0.4 is 0 Å². The zero-order chi connectivity index (χ0) is 31.8. The number of aromatic nitrogens is 1. The van der Waals surface area contributed by atoms with Crippen molar-refractivity contribution in [2.75, 3.05) is 0 Å². The Labute approximate surface area is 251 Å². The highest BCUT2D eigenvalue weighted by molar-refractivity contribution is 7.92. The third-order valence-corrected chi connectivity index (χ3v) is 9.52. The first-order valence-corrected chi connectivity index (χ1v) is 16.3. The fraction of sp³-hybridized carbons (Fsp3) is 0.290. The SMILES string of the molecule is CC(C)(C)OC(=O)N(Cc1ccc(S(=O)(=O)c2cn(S(=O)(=O)c3ccccc3)c3ccccc23)cc1)C(=O)OC(C)(C)C. The first-order chi connectivity index (χ1) is 19.9. The molecule has 43 heavy (non-hydrogen) atoms. The van der Waals surface area contributed by atoms with Gasteiger partial charge in [-0.25, -0.2) is 35.3 Å². The molecule has 0 aliphatic carbocycles. The van der Waals surface area contributed by atoms with Crippen molar-refractivity contribution in [3.8, 4) is 0 Å². The number of imide groups is 1. The molecule has 12 heteroatoms. The average Bonchev–Trinajstić information content (AvgIpc) is 3.32. The van der Waals surface area contributed by atoms with Gasteiger partial charge in [0.25, 0.3) is 10.0 Å². The van der Waals surface area contributed by atoms with Crippen LogP contribution in [-0.4, -0.2) is 49.1 Å². The Hall–Kier alpha value is -4.16.